The summed E-state index contributed by atoms with van der Waals surface area (Å²) in [7, 11) is 0. The summed E-state index contributed by atoms with van der Waals surface area (Å²) in [6, 6.07) is 5.93. The van der Waals surface area contributed by atoms with E-state index < -0.39 is 0 Å². The van der Waals surface area contributed by atoms with E-state index in [1.54, 1.807) is 12.1 Å². The van der Waals surface area contributed by atoms with E-state index >= 15 is 0 Å². The molecule has 1 amide bonds. The number of nitrogens with zero attached hydrogens (tertiary/aromatic N) is 2. The van der Waals surface area contributed by atoms with Crippen LogP contribution in [-0.2, 0) is 4.79 Å². The Labute approximate surface area is 148 Å². The molecule has 1 aliphatic heterocycles. The van der Waals surface area contributed by atoms with Crippen molar-refractivity contribution in [2.45, 2.75) is 19.8 Å². The third-order valence-corrected chi connectivity index (χ3v) is 4.34. The zero-order valence-electron chi connectivity index (χ0n) is 14.1. The number of unbranched alkanes of at least 4 members (excludes halogenated alkanes) is 1. The van der Waals surface area contributed by atoms with Crippen LogP contribution in [0.2, 0.25) is 0 Å². The molecule has 1 aliphatic rings. The number of piperazine rings is 1. The lowest BCUT2D eigenvalue weighted by Gasteiger charge is -2.35. The van der Waals surface area contributed by atoms with E-state index in [0.29, 0.717) is 12.2 Å². The van der Waals surface area contributed by atoms with Crippen molar-refractivity contribution in [2.24, 2.45) is 0 Å². The van der Waals surface area contributed by atoms with Crippen molar-refractivity contribution in [3.63, 3.8) is 0 Å². The second-order valence-corrected chi connectivity index (χ2v) is 6.29. The van der Waals surface area contributed by atoms with E-state index in [1.165, 1.54) is 12.1 Å². The van der Waals surface area contributed by atoms with Gasteiger partial charge in [-0.2, -0.15) is 0 Å². The van der Waals surface area contributed by atoms with Gasteiger partial charge in [0.25, 0.3) is 0 Å². The Morgan fingerprint density at radius 2 is 2.04 bits per heavy atom. The van der Waals surface area contributed by atoms with Crippen molar-refractivity contribution < 1.29 is 9.18 Å². The molecule has 1 saturated heterocycles. The van der Waals surface area contributed by atoms with Crippen LogP contribution in [0.25, 0.3) is 0 Å². The molecular weight excluding hydrogens is 327 g/mol. The predicted molar refractivity (Wildman–Crippen MR) is 98.6 cm³/mol. The van der Waals surface area contributed by atoms with Gasteiger partial charge in [-0.05, 0) is 36.8 Å². The molecule has 5 nitrogen and oxygen atoms in total. The van der Waals surface area contributed by atoms with Gasteiger partial charge < -0.3 is 15.5 Å². The first-order valence-electron chi connectivity index (χ1n) is 8.39. The van der Waals surface area contributed by atoms with Gasteiger partial charge in [0, 0.05) is 38.4 Å². The standard InChI is InChI=1S/C17H25FN4OS/c1-2-3-7-19-17(24)22-10-8-21(9-11-22)13-16(23)20-15-6-4-5-14(18)12-15/h4-6,12H,2-3,7-11,13H2,1H3,(H,19,24)(H,20,23). The van der Waals surface area contributed by atoms with Crippen molar-refractivity contribution in [1.29, 1.82) is 0 Å². The van der Waals surface area contributed by atoms with Crippen LogP contribution in [0.4, 0.5) is 10.1 Å². The average molecular weight is 352 g/mol. The van der Waals surface area contributed by atoms with Crippen LogP contribution in [0.1, 0.15) is 19.8 Å². The predicted octanol–water partition coefficient (Wildman–Crippen LogP) is 2.06. The number of nitrogens with one attached hydrogen (secondary N) is 2. The van der Waals surface area contributed by atoms with Crippen molar-refractivity contribution in [3.8, 4) is 0 Å². The van der Waals surface area contributed by atoms with Crippen LogP contribution in [0.5, 0.6) is 0 Å². The van der Waals surface area contributed by atoms with Gasteiger partial charge in [0.2, 0.25) is 5.91 Å². The molecule has 2 N–H and O–H groups in total. The zero-order valence-corrected chi connectivity index (χ0v) is 14.9. The summed E-state index contributed by atoms with van der Waals surface area (Å²) in [6.07, 6.45) is 2.25. The smallest absolute Gasteiger partial charge is 0.238 e. The van der Waals surface area contributed by atoms with Crippen LogP contribution < -0.4 is 10.6 Å². The maximum absolute atomic E-state index is 13.1. The largest absolute Gasteiger partial charge is 0.363 e. The van der Waals surface area contributed by atoms with Gasteiger partial charge in [-0.3, -0.25) is 9.69 Å². The minimum absolute atomic E-state index is 0.127. The Balaban J connectivity index is 1.70. The minimum atomic E-state index is -0.356. The molecular formula is C17H25FN4OS. The topological polar surface area (TPSA) is 47.6 Å². The monoisotopic (exact) mass is 352 g/mol. The van der Waals surface area contributed by atoms with Gasteiger partial charge in [0.15, 0.2) is 5.11 Å². The Morgan fingerprint density at radius 1 is 1.29 bits per heavy atom. The summed E-state index contributed by atoms with van der Waals surface area (Å²) in [5.74, 6) is -0.483. The molecule has 132 valence electrons. The molecule has 1 heterocycles. The Bertz CT molecular complexity index is 561. The van der Waals surface area contributed by atoms with E-state index in [0.717, 1.165) is 50.7 Å². The zero-order chi connectivity index (χ0) is 17.4. The molecule has 0 radical (unpaired) electrons. The Kier molecular flexibility index (Phi) is 7.39. The van der Waals surface area contributed by atoms with E-state index in [9.17, 15) is 9.18 Å². The van der Waals surface area contributed by atoms with E-state index in [4.69, 9.17) is 12.2 Å². The van der Waals surface area contributed by atoms with E-state index in [-0.39, 0.29) is 11.7 Å². The Hall–Kier alpha value is -1.73. The molecule has 0 spiro atoms. The molecule has 24 heavy (non-hydrogen) atoms. The molecule has 2 rings (SSSR count). The maximum atomic E-state index is 13.1. The van der Waals surface area contributed by atoms with Crippen molar-refractivity contribution in [3.05, 3.63) is 30.1 Å². The number of hydrogen-bond donors (Lipinski definition) is 2. The third-order valence-electron chi connectivity index (χ3n) is 3.94. The van der Waals surface area contributed by atoms with E-state index in [1.807, 2.05) is 0 Å². The fraction of sp³-hybridized carbons (Fsp3) is 0.529. The summed E-state index contributed by atoms with van der Waals surface area (Å²) in [5, 5.41) is 6.80. The number of thiocarbonyl (C=S) groups is 1. The lowest BCUT2D eigenvalue weighted by molar-refractivity contribution is -0.117. The molecule has 0 bridgehead atoms. The van der Waals surface area contributed by atoms with Crippen LogP contribution >= 0.6 is 12.2 Å². The third kappa shape index (κ3) is 6.05. The second kappa shape index (κ2) is 9.54. The van der Waals surface area contributed by atoms with Gasteiger partial charge in [0.05, 0.1) is 6.54 Å². The number of benzene rings is 1. The molecule has 1 fully saturated rings. The lowest BCUT2D eigenvalue weighted by atomic mass is 10.3. The molecule has 0 aliphatic carbocycles. The maximum Gasteiger partial charge on any atom is 0.238 e. The highest BCUT2D eigenvalue weighted by molar-refractivity contribution is 7.80. The van der Waals surface area contributed by atoms with Gasteiger partial charge in [-0.1, -0.05) is 19.4 Å². The average Bonchev–Trinajstić information content (AvgIpc) is 2.55. The molecule has 7 heteroatoms. The highest BCUT2D eigenvalue weighted by Crippen LogP contribution is 2.09. The van der Waals surface area contributed by atoms with Crippen LogP contribution in [0.3, 0.4) is 0 Å². The normalized spacial score (nSPS) is 15.2. The number of hydrogen-bond acceptors (Lipinski definition) is 3. The van der Waals surface area contributed by atoms with Crippen LogP contribution in [-0.4, -0.2) is 60.1 Å². The second-order valence-electron chi connectivity index (χ2n) is 5.91. The highest BCUT2D eigenvalue weighted by atomic mass is 32.1. The van der Waals surface area contributed by atoms with Crippen molar-refractivity contribution in [2.75, 3.05) is 44.6 Å². The van der Waals surface area contributed by atoms with Crippen molar-refractivity contribution in [1.82, 2.24) is 15.1 Å². The SMILES string of the molecule is CCCCNC(=S)N1CCN(CC(=O)Nc2cccc(F)c2)CC1. The molecule has 0 aromatic heterocycles. The molecule has 1 aromatic rings. The van der Waals surface area contributed by atoms with Crippen molar-refractivity contribution >= 4 is 28.9 Å². The first-order valence-corrected chi connectivity index (χ1v) is 8.80. The fourth-order valence-corrected chi connectivity index (χ4v) is 2.85. The molecule has 0 atom stereocenters. The number of anilines is 1. The quantitative estimate of drug-likeness (QED) is 0.606. The number of carbonyl (C=O) groups excluding carboxylic acids is 1. The first kappa shape index (κ1) is 18.6. The summed E-state index contributed by atoms with van der Waals surface area (Å²) in [5.41, 5.74) is 0.486. The van der Waals surface area contributed by atoms with Gasteiger partial charge in [-0.15, -0.1) is 0 Å². The van der Waals surface area contributed by atoms with Gasteiger partial charge >= 0.3 is 0 Å². The van der Waals surface area contributed by atoms with Gasteiger partial charge in [0.1, 0.15) is 5.82 Å². The van der Waals surface area contributed by atoms with Crippen LogP contribution in [0, 0.1) is 5.82 Å². The lowest BCUT2D eigenvalue weighted by Crippen LogP contribution is -2.53. The number of amides is 1. The minimum Gasteiger partial charge on any atom is -0.363 e. The highest BCUT2D eigenvalue weighted by Gasteiger charge is 2.20. The summed E-state index contributed by atoms with van der Waals surface area (Å²) in [4.78, 5) is 16.3. The number of carbonyl (C=O) groups is 1. The first-order chi connectivity index (χ1) is 11.6. The summed E-state index contributed by atoms with van der Waals surface area (Å²) >= 11 is 5.39. The van der Waals surface area contributed by atoms with Gasteiger partial charge in [-0.25, -0.2) is 4.39 Å². The number of halogens is 1. The summed E-state index contributed by atoms with van der Waals surface area (Å²) < 4.78 is 13.1. The van der Waals surface area contributed by atoms with Crippen LogP contribution in [0.15, 0.2) is 24.3 Å². The number of rotatable bonds is 6. The fourth-order valence-electron chi connectivity index (χ4n) is 2.56. The molecule has 0 unspecified atom stereocenters. The van der Waals surface area contributed by atoms with E-state index in [2.05, 4.69) is 27.4 Å². The Morgan fingerprint density at radius 3 is 2.71 bits per heavy atom. The molecule has 1 aromatic carbocycles. The summed E-state index contributed by atoms with van der Waals surface area (Å²) in [6.45, 7) is 6.55. The molecule has 0 saturated carbocycles.